The van der Waals surface area contributed by atoms with E-state index in [4.69, 9.17) is 14.8 Å². The van der Waals surface area contributed by atoms with Crippen LogP contribution < -0.4 is 15.9 Å². The average Bonchev–Trinajstić information content (AvgIpc) is 2.41. The van der Waals surface area contributed by atoms with Gasteiger partial charge in [-0.05, 0) is 23.7 Å². The SMILES string of the molecule is O=c1ncccn1CCOc1cccc(B(O)O)c1. The van der Waals surface area contributed by atoms with Crippen LogP contribution in [0.2, 0.25) is 0 Å². The predicted molar refractivity (Wildman–Crippen MR) is 70.3 cm³/mol. The van der Waals surface area contributed by atoms with Crippen molar-refractivity contribution in [3.8, 4) is 5.75 Å². The first-order valence-corrected chi connectivity index (χ1v) is 5.77. The third kappa shape index (κ3) is 3.67. The standard InChI is InChI=1S/C12H13BN2O4/c16-12-14-5-2-6-15(12)7-8-19-11-4-1-3-10(9-11)13(17)18/h1-6,9,17-18H,7-8H2. The molecule has 1 aromatic heterocycles. The zero-order chi connectivity index (χ0) is 13.7. The van der Waals surface area contributed by atoms with Gasteiger partial charge in [-0.2, -0.15) is 0 Å². The van der Waals surface area contributed by atoms with Gasteiger partial charge in [0.15, 0.2) is 0 Å². The minimum absolute atomic E-state index is 0.288. The van der Waals surface area contributed by atoms with Crippen LogP contribution in [0.3, 0.4) is 0 Å². The molecule has 2 rings (SSSR count). The molecule has 0 amide bonds. The molecule has 0 radical (unpaired) electrons. The van der Waals surface area contributed by atoms with Gasteiger partial charge in [0.05, 0.1) is 6.54 Å². The van der Waals surface area contributed by atoms with Crippen molar-refractivity contribution in [3.63, 3.8) is 0 Å². The first-order valence-electron chi connectivity index (χ1n) is 5.77. The van der Waals surface area contributed by atoms with Gasteiger partial charge in [0.1, 0.15) is 12.4 Å². The molecular formula is C12H13BN2O4. The normalized spacial score (nSPS) is 10.2. The summed E-state index contributed by atoms with van der Waals surface area (Å²) in [6, 6.07) is 8.17. The lowest BCUT2D eigenvalue weighted by atomic mass is 9.80. The maximum atomic E-state index is 11.3. The highest BCUT2D eigenvalue weighted by Crippen LogP contribution is 2.07. The van der Waals surface area contributed by atoms with Crippen LogP contribution in [0.25, 0.3) is 0 Å². The summed E-state index contributed by atoms with van der Waals surface area (Å²) in [5.41, 5.74) is 0.0293. The molecule has 0 aliphatic rings. The molecule has 0 spiro atoms. The number of hydrogen-bond acceptors (Lipinski definition) is 5. The van der Waals surface area contributed by atoms with Crippen LogP contribution in [0.5, 0.6) is 5.75 Å². The van der Waals surface area contributed by atoms with Crippen molar-refractivity contribution in [1.82, 2.24) is 9.55 Å². The molecule has 1 heterocycles. The van der Waals surface area contributed by atoms with Crippen molar-refractivity contribution >= 4 is 12.6 Å². The highest BCUT2D eigenvalue weighted by Gasteiger charge is 2.10. The first kappa shape index (κ1) is 13.3. The van der Waals surface area contributed by atoms with Gasteiger partial charge in [-0.1, -0.05) is 12.1 Å². The maximum absolute atomic E-state index is 11.3. The fourth-order valence-corrected chi connectivity index (χ4v) is 1.58. The van der Waals surface area contributed by atoms with Crippen molar-refractivity contribution in [2.45, 2.75) is 6.54 Å². The van der Waals surface area contributed by atoms with E-state index < -0.39 is 7.12 Å². The van der Waals surface area contributed by atoms with Gasteiger partial charge in [-0.15, -0.1) is 0 Å². The summed E-state index contributed by atoms with van der Waals surface area (Å²) in [4.78, 5) is 15.0. The summed E-state index contributed by atoms with van der Waals surface area (Å²) < 4.78 is 6.88. The third-order valence-electron chi connectivity index (χ3n) is 2.54. The Bertz CT molecular complexity index is 600. The molecule has 0 aliphatic heterocycles. The molecule has 0 saturated heterocycles. The van der Waals surface area contributed by atoms with Crippen molar-refractivity contribution in [2.24, 2.45) is 0 Å². The average molecular weight is 260 g/mol. The Morgan fingerprint density at radius 1 is 1.32 bits per heavy atom. The zero-order valence-corrected chi connectivity index (χ0v) is 10.1. The lowest BCUT2D eigenvalue weighted by molar-refractivity contribution is 0.295. The number of aromatic nitrogens is 2. The summed E-state index contributed by atoms with van der Waals surface area (Å²) in [6.45, 7) is 0.662. The fraction of sp³-hybridized carbons (Fsp3) is 0.167. The van der Waals surface area contributed by atoms with E-state index in [0.29, 0.717) is 17.8 Å². The summed E-state index contributed by atoms with van der Waals surface area (Å²) in [5.74, 6) is 0.516. The Hall–Kier alpha value is -2.12. The fourth-order valence-electron chi connectivity index (χ4n) is 1.58. The lowest BCUT2D eigenvalue weighted by Crippen LogP contribution is -2.29. The molecule has 19 heavy (non-hydrogen) atoms. The second kappa shape index (κ2) is 6.17. The summed E-state index contributed by atoms with van der Waals surface area (Å²) >= 11 is 0. The van der Waals surface area contributed by atoms with Crippen molar-refractivity contribution in [2.75, 3.05) is 6.61 Å². The van der Waals surface area contributed by atoms with Crippen LogP contribution in [-0.2, 0) is 6.54 Å². The number of nitrogens with zero attached hydrogens (tertiary/aromatic N) is 2. The number of ether oxygens (including phenoxy) is 1. The molecule has 1 aromatic carbocycles. The van der Waals surface area contributed by atoms with Gasteiger partial charge in [0, 0.05) is 12.4 Å². The van der Waals surface area contributed by atoms with Gasteiger partial charge in [-0.3, -0.25) is 4.57 Å². The Morgan fingerprint density at radius 2 is 2.16 bits per heavy atom. The molecule has 0 aliphatic carbocycles. The largest absolute Gasteiger partial charge is 0.492 e. The molecule has 0 saturated carbocycles. The molecule has 0 atom stereocenters. The van der Waals surface area contributed by atoms with E-state index >= 15 is 0 Å². The van der Waals surface area contributed by atoms with Gasteiger partial charge < -0.3 is 14.8 Å². The topological polar surface area (TPSA) is 84.6 Å². The van der Waals surface area contributed by atoms with Gasteiger partial charge in [0.2, 0.25) is 0 Å². The smallest absolute Gasteiger partial charge is 0.488 e. The van der Waals surface area contributed by atoms with E-state index in [9.17, 15) is 4.79 Å². The molecule has 0 unspecified atom stereocenters. The molecule has 7 heteroatoms. The van der Waals surface area contributed by atoms with Crippen molar-refractivity contribution in [3.05, 3.63) is 53.2 Å². The van der Waals surface area contributed by atoms with Crippen molar-refractivity contribution < 1.29 is 14.8 Å². The monoisotopic (exact) mass is 260 g/mol. The van der Waals surface area contributed by atoms with Crippen LogP contribution in [0.1, 0.15) is 0 Å². The molecular weight excluding hydrogens is 247 g/mol. The summed E-state index contributed by atoms with van der Waals surface area (Å²) in [5, 5.41) is 18.1. The molecule has 6 nitrogen and oxygen atoms in total. The Labute approximate surface area is 110 Å². The van der Waals surface area contributed by atoms with Gasteiger partial charge in [-0.25, -0.2) is 9.78 Å². The quantitative estimate of drug-likeness (QED) is 0.674. The lowest BCUT2D eigenvalue weighted by Gasteiger charge is -2.08. The van der Waals surface area contributed by atoms with Crippen LogP contribution >= 0.6 is 0 Å². The Balaban J connectivity index is 1.94. The second-order valence-electron chi connectivity index (χ2n) is 3.89. The molecule has 98 valence electrons. The van der Waals surface area contributed by atoms with Gasteiger partial charge in [0.25, 0.3) is 0 Å². The van der Waals surface area contributed by atoms with Crippen LogP contribution in [0.4, 0.5) is 0 Å². The third-order valence-corrected chi connectivity index (χ3v) is 2.54. The van der Waals surface area contributed by atoms with Gasteiger partial charge >= 0.3 is 12.8 Å². The molecule has 2 N–H and O–H groups in total. The van der Waals surface area contributed by atoms with E-state index in [1.165, 1.54) is 16.8 Å². The maximum Gasteiger partial charge on any atom is 0.488 e. The van der Waals surface area contributed by atoms with E-state index in [1.54, 1.807) is 30.5 Å². The molecule has 0 bridgehead atoms. The Morgan fingerprint density at radius 3 is 2.89 bits per heavy atom. The van der Waals surface area contributed by atoms with Crippen molar-refractivity contribution in [1.29, 1.82) is 0 Å². The number of benzene rings is 1. The van der Waals surface area contributed by atoms with Crippen LogP contribution in [0.15, 0.2) is 47.5 Å². The highest BCUT2D eigenvalue weighted by molar-refractivity contribution is 6.58. The second-order valence-corrected chi connectivity index (χ2v) is 3.89. The predicted octanol–water partition coefficient (Wildman–Crippen LogP) is -0.998. The van der Waals surface area contributed by atoms with E-state index in [1.807, 2.05) is 0 Å². The number of rotatable bonds is 5. The van der Waals surface area contributed by atoms with Crippen LogP contribution in [-0.4, -0.2) is 33.3 Å². The Kier molecular flexibility index (Phi) is 4.32. The summed E-state index contributed by atoms with van der Waals surface area (Å²) in [6.07, 6.45) is 3.07. The van der Waals surface area contributed by atoms with E-state index in [-0.39, 0.29) is 12.3 Å². The molecule has 2 aromatic rings. The van der Waals surface area contributed by atoms with Crippen LogP contribution in [0, 0.1) is 0 Å². The summed E-state index contributed by atoms with van der Waals surface area (Å²) in [7, 11) is -1.52. The highest BCUT2D eigenvalue weighted by atomic mass is 16.5. The first-order chi connectivity index (χ1) is 9.16. The van der Waals surface area contributed by atoms with E-state index in [0.717, 1.165) is 0 Å². The van der Waals surface area contributed by atoms with E-state index in [2.05, 4.69) is 4.98 Å². The minimum Gasteiger partial charge on any atom is -0.492 e. The minimum atomic E-state index is -1.52. The molecule has 0 fully saturated rings. The zero-order valence-electron chi connectivity index (χ0n) is 10.1. The number of hydrogen-bond donors (Lipinski definition) is 2.